The maximum Gasteiger partial charge on any atom is 0.246 e. The molecule has 0 aliphatic heterocycles. The SMILES string of the molecule is C[C@H](Nc1cccc(S(=O)(=O)NCc2ccco2)c1)C(=O)Nc1ccccc1F. The van der Waals surface area contributed by atoms with Crippen molar-refractivity contribution in [1.82, 2.24) is 4.72 Å². The van der Waals surface area contributed by atoms with E-state index >= 15 is 0 Å². The lowest BCUT2D eigenvalue weighted by molar-refractivity contribution is -0.116. The lowest BCUT2D eigenvalue weighted by Crippen LogP contribution is -2.32. The van der Waals surface area contributed by atoms with Crippen LogP contribution >= 0.6 is 0 Å². The summed E-state index contributed by atoms with van der Waals surface area (Å²) in [5.74, 6) is -0.510. The van der Waals surface area contributed by atoms with Crippen molar-refractivity contribution in [3.05, 3.63) is 78.5 Å². The lowest BCUT2D eigenvalue weighted by Gasteiger charge is -2.16. The molecule has 29 heavy (non-hydrogen) atoms. The molecule has 0 radical (unpaired) electrons. The fraction of sp³-hybridized carbons (Fsp3) is 0.150. The fourth-order valence-corrected chi connectivity index (χ4v) is 3.57. The van der Waals surface area contributed by atoms with Crippen LogP contribution in [0.5, 0.6) is 0 Å². The van der Waals surface area contributed by atoms with Gasteiger partial charge < -0.3 is 15.1 Å². The van der Waals surface area contributed by atoms with E-state index in [0.29, 0.717) is 11.4 Å². The molecule has 0 aliphatic rings. The first-order valence-corrected chi connectivity index (χ1v) is 10.3. The molecule has 9 heteroatoms. The Morgan fingerprint density at radius 2 is 1.90 bits per heavy atom. The summed E-state index contributed by atoms with van der Waals surface area (Å²) in [5, 5.41) is 5.41. The van der Waals surface area contributed by atoms with Crippen LogP contribution in [0.3, 0.4) is 0 Å². The van der Waals surface area contributed by atoms with Gasteiger partial charge in [-0.1, -0.05) is 18.2 Å². The van der Waals surface area contributed by atoms with E-state index in [0.717, 1.165) is 0 Å². The molecule has 2 aromatic carbocycles. The van der Waals surface area contributed by atoms with Crippen LogP contribution in [0.1, 0.15) is 12.7 Å². The number of carbonyl (C=O) groups is 1. The number of hydrogen-bond donors (Lipinski definition) is 3. The second-order valence-corrected chi connectivity index (χ2v) is 8.03. The molecule has 1 amide bonds. The predicted molar refractivity (Wildman–Crippen MR) is 107 cm³/mol. The largest absolute Gasteiger partial charge is 0.468 e. The molecular weight excluding hydrogens is 397 g/mol. The fourth-order valence-electron chi connectivity index (χ4n) is 2.53. The summed E-state index contributed by atoms with van der Waals surface area (Å²) < 4.78 is 46.2. The third-order valence-electron chi connectivity index (χ3n) is 4.07. The van der Waals surface area contributed by atoms with Gasteiger partial charge >= 0.3 is 0 Å². The van der Waals surface area contributed by atoms with E-state index in [4.69, 9.17) is 4.42 Å². The van der Waals surface area contributed by atoms with Crippen LogP contribution in [0.4, 0.5) is 15.8 Å². The van der Waals surface area contributed by atoms with Gasteiger partial charge in [0.1, 0.15) is 17.6 Å². The summed E-state index contributed by atoms with van der Waals surface area (Å²) in [5.41, 5.74) is 0.506. The number of carbonyl (C=O) groups excluding carboxylic acids is 1. The number of sulfonamides is 1. The minimum atomic E-state index is -3.77. The third kappa shape index (κ3) is 5.43. The first-order chi connectivity index (χ1) is 13.8. The number of hydrogen-bond acceptors (Lipinski definition) is 5. The zero-order valence-electron chi connectivity index (χ0n) is 15.6. The van der Waals surface area contributed by atoms with Crippen molar-refractivity contribution in [3.8, 4) is 0 Å². The van der Waals surface area contributed by atoms with E-state index in [9.17, 15) is 17.6 Å². The molecule has 0 aliphatic carbocycles. The summed E-state index contributed by atoms with van der Waals surface area (Å²) in [6, 6.07) is 14.5. The van der Waals surface area contributed by atoms with Crippen molar-refractivity contribution >= 4 is 27.3 Å². The molecule has 1 aromatic heterocycles. The van der Waals surface area contributed by atoms with E-state index in [1.165, 1.54) is 36.6 Å². The zero-order chi connectivity index (χ0) is 20.9. The monoisotopic (exact) mass is 417 g/mol. The molecule has 0 fully saturated rings. The predicted octanol–water partition coefficient (Wildman–Crippen LogP) is 3.34. The van der Waals surface area contributed by atoms with Gasteiger partial charge in [-0.25, -0.2) is 17.5 Å². The van der Waals surface area contributed by atoms with Gasteiger partial charge in [-0.2, -0.15) is 0 Å². The van der Waals surface area contributed by atoms with Gasteiger partial charge in [-0.05, 0) is 49.4 Å². The molecule has 0 unspecified atom stereocenters. The Kier molecular flexibility index (Phi) is 6.30. The summed E-state index contributed by atoms with van der Waals surface area (Å²) in [6.07, 6.45) is 1.46. The van der Waals surface area contributed by atoms with Gasteiger partial charge in [0.25, 0.3) is 0 Å². The first kappa shape index (κ1) is 20.6. The Morgan fingerprint density at radius 3 is 2.62 bits per heavy atom. The van der Waals surface area contributed by atoms with Crippen LogP contribution in [-0.2, 0) is 21.4 Å². The van der Waals surface area contributed by atoms with Crippen molar-refractivity contribution in [2.75, 3.05) is 10.6 Å². The van der Waals surface area contributed by atoms with E-state index < -0.39 is 27.8 Å². The normalized spacial score (nSPS) is 12.3. The Balaban J connectivity index is 1.65. The second kappa shape index (κ2) is 8.89. The van der Waals surface area contributed by atoms with Gasteiger partial charge in [-0.15, -0.1) is 0 Å². The molecule has 3 aromatic rings. The lowest BCUT2D eigenvalue weighted by atomic mass is 10.2. The summed E-state index contributed by atoms with van der Waals surface area (Å²) in [6.45, 7) is 1.61. The van der Waals surface area contributed by atoms with Gasteiger partial charge in [0.05, 0.1) is 23.4 Å². The Morgan fingerprint density at radius 1 is 1.10 bits per heavy atom. The smallest absolute Gasteiger partial charge is 0.246 e. The number of rotatable bonds is 8. The summed E-state index contributed by atoms with van der Waals surface area (Å²) in [7, 11) is -3.77. The van der Waals surface area contributed by atoms with Gasteiger partial charge in [0.15, 0.2) is 0 Å². The highest BCUT2D eigenvalue weighted by atomic mass is 32.2. The van der Waals surface area contributed by atoms with E-state index in [1.807, 2.05) is 0 Å². The molecular formula is C20H20FN3O4S. The van der Waals surface area contributed by atoms with Crippen molar-refractivity contribution in [3.63, 3.8) is 0 Å². The number of amides is 1. The molecule has 3 rings (SSSR count). The number of nitrogens with one attached hydrogen (secondary N) is 3. The molecule has 0 spiro atoms. The molecule has 0 saturated heterocycles. The quantitative estimate of drug-likeness (QED) is 0.522. The maximum atomic E-state index is 13.7. The highest BCUT2D eigenvalue weighted by molar-refractivity contribution is 7.89. The molecule has 1 heterocycles. The minimum absolute atomic E-state index is 0.0223. The van der Waals surface area contributed by atoms with E-state index in [2.05, 4.69) is 15.4 Å². The first-order valence-electron chi connectivity index (χ1n) is 8.79. The Bertz CT molecular complexity index is 1080. The van der Waals surface area contributed by atoms with E-state index in [1.54, 1.807) is 37.3 Å². The second-order valence-electron chi connectivity index (χ2n) is 6.27. The highest BCUT2D eigenvalue weighted by Gasteiger charge is 2.18. The summed E-state index contributed by atoms with van der Waals surface area (Å²) >= 11 is 0. The average molecular weight is 417 g/mol. The van der Waals surface area contributed by atoms with Crippen LogP contribution < -0.4 is 15.4 Å². The molecule has 0 bridgehead atoms. The topological polar surface area (TPSA) is 100 Å². The number of benzene rings is 2. The van der Waals surface area contributed by atoms with Crippen LogP contribution in [0.25, 0.3) is 0 Å². The minimum Gasteiger partial charge on any atom is -0.468 e. The number of para-hydroxylation sites is 1. The summed E-state index contributed by atoms with van der Waals surface area (Å²) in [4.78, 5) is 12.3. The Hall–Kier alpha value is -3.17. The standard InChI is InChI=1S/C20H20FN3O4S/c1-14(20(25)24-19-10-3-2-9-18(19)21)23-15-6-4-8-17(12-15)29(26,27)22-13-16-7-5-11-28-16/h2-12,14,22-23H,13H2,1H3,(H,24,25)/t14-/m0/s1. The van der Waals surface area contributed by atoms with Gasteiger partial charge in [0.2, 0.25) is 15.9 Å². The highest BCUT2D eigenvalue weighted by Crippen LogP contribution is 2.18. The maximum absolute atomic E-state index is 13.7. The number of furan rings is 1. The molecule has 7 nitrogen and oxygen atoms in total. The zero-order valence-corrected chi connectivity index (χ0v) is 16.4. The average Bonchev–Trinajstić information content (AvgIpc) is 3.22. The molecule has 3 N–H and O–H groups in total. The Labute approximate surface area is 168 Å². The van der Waals surface area contributed by atoms with Crippen LogP contribution in [0, 0.1) is 5.82 Å². The number of halogens is 1. The van der Waals surface area contributed by atoms with Crippen LogP contribution in [0.2, 0.25) is 0 Å². The van der Waals surface area contributed by atoms with Gasteiger partial charge in [-0.3, -0.25) is 4.79 Å². The van der Waals surface area contributed by atoms with Crippen molar-refractivity contribution in [2.45, 2.75) is 24.4 Å². The van der Waals surface area contributed by atoms with Crippen molar-refractivity contribution in [2.24, 2.45) is 0 Å². The van der Waals surface area contributed by atoms with Crippen LogP contribution in [0.15, 0.2) is 76.2 Å². The van der Waals surface area contributed by atoms with Crippen molar-refractivity contribution < 1.29 is 22.0 Å². The molecule has 0 saturated carbocycles. The third-order valence-corrected chi connectivity index (χ3v) is 5.47. The van der Waals surface area contributed by atoms with Crippen molar-refractivity contribution in [1.29, 1.82) is 0 Å². The number of anilines is 2. The molecule has 152 valence electrons. The van der Waals surface area contributed by atoms with Gasteiger partial charge in [0, 0.05) is 5.69 Å². The van der Waals surface area contributed by atoms with E-state index in [-0.39, 0.29) is 17.1 Å². The molecule has 1 atom stereocenters. The van der Waals surface area contributed by atoms with Crippen LogP contribution in [-0.4, -0.2) is 20.4 Å².